The average Bonchev–Trinajstić information content (AvgIpc) is 1.37. The molecule has 0 aliphatic rings. The van der Waals surface area contributed by atoms with E-state index in [4.69, 9.17) is 5.26 Å². The lowest BCUT2D eigenvalue weighted by molar-refractivity contribution is 1.56. The van der Waals surface area contributed by atoms with E-state index in [0.29, 0.717) is 0 Å². The Kier molecular flexibility index (Phi) is 2.21. The van der Waals surface area contributed by atoms with Gasteiger partial charge >= 0.3 is 7.41 Å². The Hall–Kier alpha value is -0.485. The van der Waals surface area contributed by atoms with E-state index >= 15 is 0 Å². The minimum atomic E-state index is 0.125. The second kappa shape index (κ2) is 2.51. The van der Waals surface area contributed by atoms with Crippen molar-refractivity contribution in [1.82, 2.24) is 0 Å². The van der Waals surface area contributed by atoms with Crippen molar-refractivity contribution in [2.75, 3.05) is 0 Å². The van der Waals surface area contributed by atoms with Crippen LogP contribution in [0.25, 0.3) is 0 Å². The molecule has 0 unspecified atom stereocenters. The summed E-state index contributed by atoms with van der Waals surface area (Å²) < 4.78 is 0. The fraction of sp³-hybridized carbons (Fsp3) is 0. The third kappa shape index (κ3) is 1.51. The standard InChI is InChI=1S/CH3BN2/c3-1-2-4/h2H,4H2. The molecular weight excluding hydrogens is 50.8 g/mol. The van der Waals surface area contributed by atoms with Crippen molar-refractivity contribution in [1.29, 1.82) is 5.26 Å². The zero-order valence-electron chi connectivity index (χ0n) is 2.23. The fourth-order valence-electron chi connectivity index (χ4n) is 0. The molecule has 0 saturated carbocycles. The highest BCUT2D eigenvalue weighted by molar-refractivity contribution is 6.40. The molecule has 3 heteroatoms. The molecular formula is CH3BN2. The summed E-state index contributed by atoms with van der Waals surface area (Å²) in [6.45, 7) is 0. The number of hydrogen-bond acceptors (Lipinski definition) is 2. The first-order chi connectivity index (χ1) is 1.91. The molecule has 2 N–H and O–H groups in total. The van der Waals surface area contributed by atoms with E-state index < -0.39 is 0 Å². The van der Waals surface area contributed by atoms with E-state index in [0.717, 1.165) is 0 Å². The third-order valence-electron chi connectivity index (χ3n) is 0.0913. The summed E-state index contributed by atoms with van der Waals surface area (Å²) in [6, 6.07) is 0. The van der Waals surface area contributed by atoms with Crippen molar-refractivity contribution in [3.8, 4) is 5.97 Å². The van der Waals surface area contributed by atoms with Crippen molar-refractivity contribution < 1.29 is 0 Å². The summed E-state index contributed by atoms with van der Waals surface area (Å²) in [4.78, 5) is 0. The molecule has 0 aliphatic heterocycles. The van der Waals surface area contributed by atoms with E-state index in [1.807, 2.05) is 0 Å². The predicted octanol–water partition coefficient (Wildman–Crippen LogP) is -1.22. The maximum Gasteiger partial charge on any atom is 0.325 e. The van der Waals surface area contributed by atoms with Crippen LogP contribution in [0.3, 0.4) is 0 Å². The topological polar surface area (TPSA) is 49.8 Å². The summed E-state index contributed by atoms with van der Waals surface area (Å²) in [5, 5.41) is 7.50. The van der Waals surface area contributed by atoms with Gasteiger partial charge in [-0.25, -0.2) is 5.26 Å². The van der Waals surface area contributed by atoms with Gasteiger partial charge in [0.15, 0.2) is 0 Å². The molecule has 0 fully saturated rings. The first-order valence-corrected chi connectivity index (χ1v) is 0.985. The minimum Gasteiger partial charge on any atom is -0.360 e. The molecule has 0 aromatic heterocycles. The van der Waals surface area contributed by atoms with Crippen LogP contribution in [-0.2, 0) is 0 Å². The van der Waals surface area contributed by atoms with Gasteiger partial charge in [0, 0.05) is 5.97 Å². The molecule has 0 aromatic carbocycles. The molecule has 0 amide bonds. The van der Waals surface area contributed by atoms with Gasteiger partial charge in [0.25, 0.3) is 0 Å². The molecule has 0 atom stereocenters. The van der Waals surface area contributed by atoms with Crippen LogP contribution in [0.5, 0.6) is 0 Å². The second-order valence-corrected chi connectivity index (χ2v) is 0.362. The van der Waals surface area contributed by atoms with Crippen molar-refractivity contribution in [3.63, 3.8) is 0 Å². The SMILES string of the molecule is N#CBN. The van der Waals surface area contributed by atoms with Crippen molar-refractivity contribution in [3.05, 3.63) is 0 Å². The number of nitriles is 1. The number of rotatable bonds is 0. The Morgan fingerprint density at radius 1 is 2.00 bits per heavy atom. The van der Waals surface area contributed by atoms with Crippen LogP contribution in [0.2, 0.25) is 0 Å². The summed E-state index contributed by atoms with van der Waals surface area (Å²) in [6.07, 6.45) is 0. The summed E-state index contributed by atoms with van der Waals surface area (Å²) in [5.74, 6) is 1.71. The Morgan fingerprint density at radius 3 is 2.25 bits per heavy atom. The van der Waals surface area contributed by atoms with Gasteiger partial charge in [0.1, 0.15) is 0 Å². The molecule has 4 heavy (non-hydrogen) atoms. The Bertz CT molecular complexity index is 35.8. The van der Waals surface area contributed by atoms with Gasteiger partial charge in [-0.15, -0.1) is 0 Å². The minimum absolute atomic E-state index is 0.125. The van der Waals surface area contributed by atoms with Gasteiger partial charge < -0.3 is 5.64 Å². The zero-order valence-corrected chi connectivity index (χ0v) is 2.23. The number of nitrogens with zero attached hydrogens (tertiary/aromatic N) is 1. The van der Waals surface area contributed by atoms with Crippen molar-refractivity contribution in [2.45, 2.75) is 0 Å². The molecule has 0 spiro atoms. The van der Waals surface area contributed by atoms with Crippen molar-refractivity contribution in [2.24, 2.45) is 5.64 Å². The van der Waals surface area contributed by atoms with Gasteiger partial charge in [-0.05, 0) is 0 Å². The molecule has 0 bridgehead atoms. The quantitative estimate of drug-likeness (QED) is 0.352. The van der Waals surface area contributed by atoms with E-state index in [2.05, 4.69) is 5.64 Å². The van der Waals surface area contributed by atoms with Crippen LogP contribution in [0.15, 0.2) is 0 Å². The first kappa shape index (κ1) is 3.51. The second-order valence-electron chi connectivity index (χ2n) is 0.362. The van der Waals surface area contributed by atoms with Crippen LogP contribution < -0.4 is 5.64 Å². The lowest BCUT2D eigenvalue weighted by atomic mass is 10.0. The van der Waals surface area contributed by atoms with E-state index in [-0.39, 0.29) is 7.41 Å². The molecule has 2 nitrogen and oxygen atoms in total. The molecule has 20 valence electrons. The molecule has 0 aliphatic carbocycles. The van der Waals surface area contributed by atoms with Gasteiger partial charge in [-0.1, -0.05) is 0 Å². The predicted molar refractivity (Wildman–Crippen MR) is 16.9 cm³/mol. The largest absolute Gasteiger partial charge is 0.360 e. The van der Waals surface area contributed by atoms with Crippen LogP contribution in [0.4, 0.5) is 0 Å². The third-order valence-corrected chi connectivity index (χ3v) is 0.0913. The zero-order chi connectivity index (χ0) is 3.41. The molecule has 0 heterocycles. The Balaban J connectivity index is 2.43. The first-order valence-electron chi connectivity index (χ1n) is 0.985. The normalized spacial score (nSPS) is 4.00. The number of nitrogens with two attached hydrogens (primary N) is 1. The number of hydrogen-bond donors (Lipinski definition) is 1. The highest BCUT2D eigenvalue weighted by Gasteiger charge is 1.57. The molecule has 0 radical (unpaired) electrons. The highest BCUT2D eigenvalue weighted by atomic mass is 14.4. The smallest absolute Gasteiger partial charge is 0.325 e. The summed E-state index contributed by atoms with van der Waals surface area (Å²) in [7, 11) is 0.125. The average molecular weight is 53.9 g/mol. The maximum atomic E-state index is 7.50. The summed E-state index contributed by atoms with van der Waals surface area (Å²) >= 11 is 0. The fourth-order valence-corrected chi connectivity index (χ4v) is 0. The Labute approximate surface area is 25.5 Å². The van der Waals surface area contributed by atoms with Crippen LogP contribution >= 0.6 is 0 Å². The monoisotopic (exact) mass is 54.0 g/mol. The molecule has 0 saturated heterocycles. The highest BCUT2D eigenvalue weighted by Crippen LogP contribution is 1.19. The Morgan fingerprint density at radius 2 is 2.25 bits per heavy atom. The van der Waals surface area contributed by atoms with Crippen LogP contribution in [0, 0.1) is 11.2 Å². The molecule has 0 aromatic rings. The van der Waals surface area contributed by atoms with Gasteiger partial charge in [0.05, 0.1) is 0 Å². The van der Waals surface area contributed by atoms with E-state index in [9.17, 15) is 0 Å². The lowest BCUT2D eigenvalue weighted by Crippen LogP contribution is -1.98. The van der Waals surface area contributed by atoms with E-state index in [1.54, 1.807) is 5.97 Å². The van der Waals surface area contributed by atoms with Gasteiger partial charge in [-0.2, -0.15) is 0 Å². The van der Waals surface area contributed by atoms with E-state index in [1.165, 1.54) is 0 Å². The summed E-state index contributed by atoms with van der Waals surface area (Å²) in [5.41, 5.74) is 4.67. The van der Waals surface area contributed by atoms with Gasteiger partial charge in [0.2, 0.25) is 0 Å². The van der Waals surface area contributed by atoms with Crippen LogP contribution in [-0.4, -0.2) is 7.41 Å². The molecule has 0 rings (SSSR count). The van der Waals surface area contributed by atoms with Crippen molar-refractivity contribution >= 4 is 7.41 Å². The lowest BCUT2D eigenvalue weighted by Gasteiger charge is -1.44. The van der Waals surface area contributed by atoms with Crippen LogP contribution in [0.1, 0.15) is 0 Å². The maximum absolute atomic E-state index is 7.50. The van der Waals surface area contributed by atoms with Gasteiger partial charge in [-0.3, -0.25) is 0 Å².